The van der Waals surface area contributed by atoms with Crippen molar-refractivity contribution in [1.29, 1.82) is 0 Å². The summed E-state index contributed by atoms with van der Waals surface area (Å²) in [4.78, 5) is 15.5. The van der Waals surface area contributed by atoms with E-state index in [1.165, 1.54) is 0 Å². The summed E-state index contributed by atoms with van der Waals surface area (Å²) in [6.07, 6.45) is 0. The molecule has 0 saturated heterocycles. The second-order valence-corrected chi connectivity index (χ2v) is 9.17. The molecule has 0 fully saturated rings. The molecule has 38 heavy (non-hydrogen) atoms. The summed E-state index contributed by atoms with van der Waals surface area (Å²) >= 11 is 0. The minimum Gasteiger partial charge on any atom is -0.489 e. The van der Waals surface area contributed by atoms with E-state index in [1.807, 2.05) is 133 Å². The zero-order chi connectivity index (χ0) is 26.2. The Balaban J connectivity index is 1.31. The van der Waals surface area contributed by atoms with Gasteiger partial charge in [0.1, 0.15) is 24.7 Å². The Bertz CT molecular complexity index is 1480. The summed E-state index contributed by atoms with van der Waals surface area (Å²) in [6, 6.07) is 39.9. The molecule has 0 aliphatic rings. The fraction of sp³-hybridized carbons (Fsp3) is 0.147. The van der Waals surface area contributed by atoms with Crippen LogP contribution < -0.4 is 9.47 Å². The summed E-state index contributed by atoms with van der Waals surface area (Å²) in [7, 11) is 0. The highest BCUT2D eigenvalue weighted by atomic mass is 16.5. The maximum absolute atomic E-state index is 13.7. The SMILES string of the molecule is CCN(Cc1ccccc1)C(=O)c1cccc2cccc(OCc3ccc(OCc4ccccc4)cc3)c12. The van der Waals surface area contributed by atoms with Crippen LogP contribution in [0.1, 0.15) is 34.0 Å². The first-order chi connectivity index (χ1) is 18.7. The molecule has 190 valence electrons. The van der Waals surface area contributed by atoms with Crippen LogP contribution in [0, 0.1) is 0 Å². The highest BCUT2D eigenvalue weighted by molar-refractivity contribution is 6.09. The number of carbonyl (C=O) groups excluding carboxylic acids is 1. The van der Waals surface area contributed by atoms with Crippen LogP contribution >= 0.6 is 0 Å². The monoisotopic (exact) mass is 501 g/mol. The van der Waals surface area contributed by atoms with Gasteiger partial charge in [-0.15, -0.1) is 0 Å². The maximum Gasteiger partial charge on any atom is 0.254 e. The number of hydrogen-bond donors (Lipinski definition) is 0. The Hall–Kier alpha value is -4.57. The number of hydrogen-bond acceptors (Lipinski definition) is 3. The maximum atomic E-state index is 13.7. The quantitative estimate of drug-likeness (QED) is 0.197. The predicted octanol–water partition coefficient (Wildman–Crippen LogP) is 7.66. The molecule has 0 aliphatic carbocycles. The number of amides is 1. The Morgan fingerprint density at radius 2 is 1.24 bits per heavy atom. The zero-order valence-corrected chi connectivity index (χ0v) is 21.5. The van der Waals surface area contributed by atoms with E-state index in [0.29, 0.717) is 37.6 Å². The largest absolute Gasteiger partial charge is 0.489 e. The third kappa shape index (κ3) is 6.04. The number of nitrogens with zero attached hydrogens (tertiary/aromatic N) is 1. The molecule has 0 N–H and O–H groups in total. The summed E-state index contributed by atoms with van der Waals surface area (Å²) in [5, 5.41) is 1.82. The van der Waals surface area contributed by atoms with Crippen molar-refractivity contribution in [2.75, 3.05) is 6.54 Å². The van der Waals surface area contributed by atoms with Crippen LogP contribution in [0.2, 0.25) is 0 Å². The minimum absolute atomic E-state index is 0.00193. The first kappa shape index (κ1) is 25.1. The first-order valence-electron chi connectivity index (χ1n) is 12.9. The van der Waals surface area contributed by atoms with Crippen LogP contribution in [0.5, 0.6) is 11.5 Å². The van der Waals surface area contributed by atoms with Crippen LogP contribution in [-0.4, -0.2) is 17.4 Å². The number of rotatable bonds is 10. The van der Waals surface area contributed by atoms with Gasteiger partial charge < -0.3 is 14.4 Å². The Kier molecular flexibility index (Phi) is 8.00. The van der Waals surface area contributed by atoms with Gasteiger partial charge in [-0.05, 0) is 53.3 Å². The van der Waals surface area contributed by atoms with Gasteiger partial charge in [-0.2, -0.15) is 0 Å². The van der Waals surface area contributed by atoms with Gasteiger partial charge >= 0.3 is 0 Å². The van der Waals surface area contributed by atoms with Gasteiger partial charge in [0.2, 0.25) is 0 Å². The lowest BCUT2D eigenvalue weighted by molar-refractivity contribution is 0.0754. The average Bonchev–Trinajstić information content (AvgIpc) is 2.98. The van der Waals surface area contributed by atoms with Gasteiger partial charge in [-0.1, -0.05) is 97.1 Å². The van der Waals surface area contributed by atoms with Gasteiger partial charge in [0.25, 0.3) is 5.91 Å². The Morgan fingerprint density at radius 3 is 1.92 bits per heavy atom. The molecule has 5 rings (SSSR count). The molecular formula is C34H31NO3. The Morgan fingerprint density at radius 1 is 0.632 bits per heavy atom. The standard InChI is InChI=1S/C34H31NO3/c1-2-35(23-26-11-5-3-6-12-26)34(36)31-17-9-15-29-16-10-18-32(33(29)31)38-25-28-19-21-30(22-20-28)37-24-27-13-7-4-8-14-27/h3-22H,2,23-25H2,1H3. The van der Waals surface area contributed by atoms with Crippen LogP contribution in [0.15, 0.2) is 121 Å². The number of benzene rings is 5. The normalized spacial score (nSPS) is 10.8. The summed E-state index contributed by atoms with van der Waals surface area (Å²) in [6.45, 7) is 4.11. The molecule has 0 atom stereocenters. The van der Waals surface area contributed by atoms with Crippen molar-refractivity contribution in [3.05, 3.63) is 144 Å². The van der Waals surface area contributed by atoms with Gasteiger partial charge in [0.15, 0.2) is 0 Å². The van der Waals surface area contributed by atoms with E-state index in [9.17, 15) is 4.79 Å². The Labute approximate surface area is 224 Å². The summed E-state index contributed by atoms with van der Waals surface area (Å²) in [5.74, 6) is 1.51. The van der Waals surface area contributed by atoms with E-state index >= 15 is 0 Å². The fourth-order valence-corrected chi connectivity index (χ4v) is 4.49. The third-order valence-corrected chi connectivity index (χ3v) is 6.55. The molecule has 0 saturated carbocycles. The molecule has 5 aromatic carbocycles. The van der Waals surface area contributed by atoms with E-state index in [4.69, 9.17) is 9.47 Å². The highest BCUT2D eigenvalue weighted by Gasteiger charge is 2.19. The number of ether oxygens (including phenoxy) is 2. The van der Waals surface area contributed by atoms with Crippen molar-refractivity contribution >= 4 is 16.7 Å². The molecule has 0 bridgehead atoms. The average molecular weight is 502 g/mol. The fourth-order valence-electron chi connectivity index (χ4n) is 4.49. The van der Waals surface area contributed by atoms with Gasteiger partial charge in [0.05, 0.1) is 5.56 Å². The molecular weight excluding hydrogens is 470 g/mol. The molecule has 4 nitrogen and oxygen atoms in total. The molecule has 0 aliphatic heterocycles. The van der Waals surface area contributed by atoms with E-state index in [0.717, 1.165) is 33.2 Å². The zero-order valence-electron chi connectivity index (χ0n) is 21.5. The number of fused-ring (bicyclic) bond motifs is 1. The van der Waals surface area contributed by atoms with E-state index in [1.54, 1.807) is 0 Å². The second kappa shape index (κ2) is 12.1. The molecule has 1 amide bonds. The van der Waals surface area contributed by atoms with Crippen LogP contribution in [0.4, 0.5) is 0 Å². The van der Waals surface area contributed by atoms with E-state index in [2.05, 4.69) is 0 Å². The van der Waals surface area contributed by atoms with Crippen molar-refractivity contribution in [2.24, 2.45) is 0 Å². The van der Waals surface area contributed by atoms with Crippen LogP contribution in [0.25, 0.3) is 10.8 Å². The summed E-state index contributed by atoms with van der Waals surface area (Å²) in [5.41, 5.74) is 3.92. The van der Waals surface area contributed by atoms with Crippen molar-refractivity contribution in [2.45, 2.75) is 26.7 Å². The van der Waals surface area contributed by atoms with E-state index < -0.39 is 0 Å². The minimum atomic E-state index is -0.00193. The highest BCUT2D eigenvalue weighted by Crippen LogP contribution is 2.31. The molecule has 0 aromatic heterocycles. The summed E-state index contributed by atoms with van der Waals surface area (Å²) < 4.78 is 12.2. The van der Waals surface area contributed by atoms with Gasteiger partial charge in [-0.3, -0.25) is 4.79 Å². The third-order valence-electron chi connectivity index (χ3n) is 6.55. The van der Waals surface area contributed by atoms with Crippen molar-refractivity contribution < 1.29 is 14.3 Å². The first-order valence-corrected chi connectivity index (χ1v) is 12.9. The molecule has 0 unspecified atom stereocenters. The van der Waals surface area contributed by atoms with Crippen LogP contribution in [-0.2, 0) is 19.8 Å². The topological polar surface area (TPSA) is 38.8 Å². The van der Waals surface area contributed by atoms with Gasteiger partial charge in [-0.25, -0.2) is 0 Å². The van der Waals surface area contributed by atoms with Crippen molar-refractivity contribution in [1.82, 2.24) is 4.90 Å². The van der Waals surface area contributed by atoms with Crippen LogP contribution in [0.3, 0.4) is 0 Å². The molecule has 4 heteroatoms. The lowest BCUT2D eigenvalue weighted by Gasteiger charge is -2.22. The van der Waals surface area contributed by atoms with Crippen molar-refractivity contribution in [3.8, 4) is 11.5 Å². The molecule has 0 spiro atoms. The molecule has 5 aromatic rings. The number of carbonyl (C=O) groups is 1. The molecule has 0 heterocycles. The van der Waals surface area contributed by atoms with Gasteiger partial charge in [0, 0.05) is 18.5 Å². The smallest absolute Gasteiger partial charge is 0.254 e. The lowest BCUT2D eigenvalue weighted by atomic mass is 10.0. The van der Waals surface area contributed by atoms with Crippen molar-refractivity contribution in [3.63, 3.8) is 0 Å². The molecule has 0 radical (unpaired) electrons. The van der Waals surface area contributed by atoms with E-state index in [-0.39, 0.29) is 5.91 Å². The predicted molar refractivity (Wildman–Crippen MR) is 152 cm³/mol. The lowest BCUT2D eigenvalue weighted by Crippen LogP contribution is -2.30. The second-order valence-electron chi connectivity index (χ2n) is 9.17.